The summed E-state index contributed by atoms with van der Waals surface area (Å²) in [4.78, 5) is 12.3. The van der Waals surface area contributed by atoms with E-state index >= 15 is 0 Å². The molecule has 0 spiro atoms. The van der Waals surface area contributed by atoms with Gasteiger partial charge in [0.05, 0.1) is 24.9 Å². The Kier molecular flexibility index (Phi) is 9.90. The van der Waals surface area contributed by atoms with Crippen molar-refractivity contribution in [3.05, 3.63) is 48.5 Å². The molecule has 0 saturated heterocycles. The van der Waals surface area contributed by atoms with E-state index in [1.54, 1.807) is 0 Å². The van der Waals surface area contributed by atoms with Gasteiger partial charge in [-0.3, -0.25) is 4.79 Å². The van der Waals surface area contributed by atoms with Gasteiger partial charge in [-0.25, -0.2) is 0 Å². The highest BCUT2D eigenvalue weighted by atomic mass is 16.5. The van der Waals surface area contributed by atoms with E-state index in [9.17, 15) is 4.79 Å². The molecular formula is C24H34N2O3. The van der Waals surface area contributed by atoms with Crippen LogP contribution in [0, 0.1) is 0 Å². The van der Waals surface area contributed by atoms with E-state index < -0.39 is 0 Å². The Hall–Kier alpha value is -2.69. The van der Waals surface area contributed by atoms with Crippen LogP contribution in [0.3, 0.4) is 0 Å². The fourth-order valence-electron chi connectivity index (χ4n) is 2.88. The smallest absolute Gasteiger partial charge is 0.243 e. The van der Waals surface area contributed by atoms with Gasteiger partial charge in [0, 0.05) is 5.69 Å². The van der Waals surface area contributed by atoms with Crippen molar-refractivity contribution in [2.45, 2.75) is 59.0 Å². The lowest BCUT2D eigenvalue weighted by atomic mass is 10.2. The highest BCUT2D eigenvalue weighted by molar-refractivity contribution is 5.94. The second kappa shape index (κ2) is 12.7. The Bertz CT molecular complexity index is 729. The summed E-state index contributed by atoms with van der Waals surface area (Å²) in [6, 6.07) is 15.1. The molecule has 0 fully saturated rings. The van der Waals surface area contributed by atoms with Crippen molar-refractivity contribution in [1.29, 1.82) is 0 Å². The maximum atomic E-state index is 12.3. The van der Waals surface area contributed by atoms with E-state index in [-0.39, 0.29) is 18.6 Å². The predicted octanol–water partition coefficient (Wildman–Crippen LogP) is 5.87. The molecule has 0 heterocycles. The standard InChI is InChI=1S/C24H34N2O3/c1-4-5-6-7-10-17-28-21-15-13-20(14-16-21)26-24(27)18-25-22-11-8-9-12-23(22)29-19(2)3/h8-9,11-16,19,25H,4-7,10,17-18H2,1-3H3,(H,26,27). The zero-order chi connectivity index (χ0) is 20.9. The lowest BCUT2D eigenvalue weighted by Gasteiger charge is -2.15. The van der Waals surface area contributed by atoms with Crippen molar-refractivity contribution in [1.82, 2.24) is 0 Å². The first-order valence-electron chi connectivity index (χ1n) is 10.6. The van der Waals surface area contributed by atoms with Gasteiger partial charge in [0.1, 0.15) is 11.5 Å². The normalized spacial score (nSPS) is 10.6. The number of amides is 1. The fourth-order valence-corrected chi connectivity index (χ4v) is 2.88. The van der Waals surface area contributed by atoms with Gasteiger partial charge >= 0.3 is 0 Å². The van der Waals surface area contributed by atoms with Crippen LogP contribution in [0.1, 0.15) is 52.9 Å². The molecule has 0 unspecified atom stereocenters. The van der Waals surface area contributed by atoms with Crippen molar-refractivity contribution in [2.75, 3.05) is 23.8 Å². The molecule has 0 aromatic heterocycles. The number of carbonyl (C=O) groups is 1. The molecule has 0 saturated carbocycles. The van der Waals surface area contributed by atoms with Gasteiger partial charge in [-0.15, -0.1) is 0 Å². The molecular weight excluding hydrogens is 364 g/mol. The zero-order valence-electron chi connectivity index (χ0n) is 17.9. The van der Waals surface area contributed by atoms with Crippen molar-refractivity contribution in [3.8, 4) is 11.5 Å². The van der Waals surface area contributed by atoms with Crippen LogP contribution >= 0.6 is 0 Å². The van der Waals surface area contributed by atoms with Gasteiger partial charge in [0.15, 0.2) is 0 Å². The highest BCUT2D eigenvalue weighted by Gasteiger charge is 2.07. The van der Waals surface area contributed by atoms with Gasteiger partial charge < -0.3 is 20.1 Å². The maximum Gasteiger partial charge on any atom is 0.243 e. The second-order valence-electron chi connectivity index (χ2n) is 7.35. The third-order valence-corrected chi connectivity index (χ3v) is 4.34. The molecule has 5 nitrogen and oxygen atoms in total. The van der Waals surface area contributed by atoms with Crippen LogP contribution in [0.2, 0.25) is 0 Å². The third-order valence-electron chi connectivity index (χ3n) is 4.34. The lowest BCUT2D eigenvalue weighted by Crippen LogP contribution is -2.22. The van der Waals surface area contributed by atoms with Gasteiger partial charge in [-0.1, -0.05) is 44.7 Å². The molecule has 0 bridgehead atoms. The Labute approximate surface area is 174 Å². The van der Waals surface area contributed by atoms with Gasteiger partial charge in [-0.05, 0) is 56.7 Å². The predicted molar refractivity (Wildman–Crippen MR) is 120 cm³/mol. The summed E-state index contributed by atoms with van der Waals surface area (Å²) >= 11 is 0. The topological polar surface area (TPSA) is 59.6 Å². The monoisotopic (exact) mass is 398 g/mol. The van der Waals surface area contributed by atoms with E-state index in [2.05, 4.69) is 17.6 Å². The first-order chi connectivity index (χ1) is 14.1. The minimum Gasteiger partial charge on any atom is -0.494 e. The molecule has 0 radical (unpaired) electrons. The molecule has 29 heavy (non-hydrogen) atoms. The maximum absolute atomic E-state index is 12.3. The number of nitrogens with one attached hydrogen (secondary N) is 2. The number of rotatable bonds is 13. The van der Waals surface area contributed by atoms with E-state index in [4.69, 9.17) is 9.47 Å². The molecule has 0 aliphatic heterocycles. The van der Waals surface area contributed by atoms with Crippen LogP contribution in [0.25, 0.3) is 0 Å². The SMILES string of the molecule is CCCCCCCOc1ccc(NC(=O)CNc2ccccc2OC(C)C)cc1. The molecule has 2 rings (SSSR count). The van der Waals surface area contributed by atoms with Gasteiger partial charge in [-0.2, -0.15) is 0 Å². The number of unbranched alkanes of at least 4 members (excludes halogenated alkanes) is 4. The van der Waals surface area contributed by atoms with E-state index in [1.165, 1.54) is 25.7 Å². The molecule has 0 atom stereocenters. The lowest BCUT2D eigenvalue weighted by molar-refractivity contribution is -0.114. The summed E-state index contributed by atoms with van der Waals surface area (Å²) in [7, 11) is 0. The van der Waals surface area contributed by atoms with Crippen molar-refractivity contribution < 1.29 is 14.3 Å². The molecule has 1 amide bonds. The minimum absolute atomic E-state index is 0.0730. The quantitative estimate of drug-likeness (QED) is 0.414. The summed E-state index contributed by atoms with van der Waals surface area (Å²) in [5.74, 6) is 1.46. The largest absolute Gasteiger partial charge is 0.494 e. The number of ether oxygens (including phenoxy) is 2. The summed E-state index contributed by atoms with van der Waals surface area (Å²) in [6.07, 6.45) is 6.17. The summed E-state index contributed by atoms with van der Waals surface area (Å²) in [5.41, 5.74) is 1.55. The van der Waals surface area contributed by atoms with Crippen LogP contribution in [-0.2, 0) is 4.79 Å². The molecule has 158 valence electrons. The van der Waals surface area contributed by atoms with E-state index in [0.717, 1.165) is 35.9 Å². The van der Waals surface area contributed by atoms with Crippen LogP contribution in [0.15, 0.2) is 48.5 Å². The van der Waals surface area contributed by atoms with E-state index in [0.29, 0.717) is 0 Å². The number of carbonyl (C=O) groups excluding carboxylic acids is 1. The number of hydrogen-bond donors (Lipinski definition) is 2. The molecule has 5 heteroatoms. The highest BCUT2D eigenvalue weighted by Crippen LogP contribution is 2.24. The zero-order valence-corrected chi connectivity index (χ0v) is 17.9. The number of hydrogen-bond acceptors (Lipinski definition) is 4. The fraction of sp³-hybridized carbons (Fsp3) is 0.458. The Balaban J connectivity index is 1.74. The number of benzene rings is 2. The second-order valence-corrected chi connectivity index (χ2v) is 7.35. The van der Waals surface area contributed by atoms with Gasteiger partial charge in [0.2, 0.25) is 5.91 Å². The molecule has 2 aromatic carbocycles. The van der Waals surface area contributed by atoms with Crippen molar-refractivity contribution >= 4 is 17.3 Å². The third kappa shape index (κ3) is 8.90. The summed E-state index contributed by atoms with van der Waals surface area (Å²) in [5, 5.41) is 6.03. The molecule has 2 N–H and O–H groups in total. The summed E-state index contributed by atoms with van der Waals surface area (Å²) in [6.45, 7) is 7.06. The van der Waals surface area contributed by atoms with Crippen LogP contribution in [0.4, 0.5) is 11.4 Å². The average molecular weight is 399 g/mol. The molecule has 2 aromatic rings. The van der Waals surface area contributed by atoms with Crippen molar-refractivity contribution in [3.63, 3.8) is 0 Å². The van der Waals surface area contributed by atoms with Crippen LogP contribution in [0.5, 0.6) is 11.5 Å². The average Bonchev–Trinajstić information content (AvgIpc) is 2.71. The Morgan fingerprint density at radius 1 is 0.966 bits per heavy atom. The van der Waals surface area contributed by atoms with Crippen LogP contribution < -0.4 is 20.1 Å². The molecule has 0 aliphatic carbocycles. The first-order valence-corrected chi connectivity index (χ1v) is 10.6. The summed E-state index contributed by atoms with van der Waals surface area (Å²) < 4.78 is 11.5. The number of para-hydroxylation sites is 2. The van der Waals surface area contributed by atoms with Gasteiger partial charge in [0.25, 0.3) is 0 Å². The van der Waals surface area contributed by atoms with Crippen LogP contribution in [-0.4, -0.2) is 25.2 Å². The van der Waals surface area contributed by atoms with E-state index in [1.807, 2.05) is 62.4 Å². The first kappa shape index (κ1) is 22.6. The Morgan fingerprint density at radius 2 is 1.69 bits per heavy atom. The number of anilines is 2. The van der Waals surface area contributed by atoms with Crippen molar-refractivity contribution in [2.24, 2.45) is 0 Å². The Morgan fingerprint density at radius 3 is 2.41 bits per heavy atom. The minimum atomic E-state index is -0.117. The molecule has 0 aliphatic rings.